The van der Waals surface area contributed by atoms with Gasteiger partial charge in [0.25, 0.3) is 0 Å². The summed E-state index contributed by atoms with van der Waals surface area (Å²) >= 11 is 1.73. The van der Waals surface area contributed by atoms with Gasteiger partial charge in [-0.05, 0) is 26.0 Å². The summed E-state index contributed by atoms with van der Waals surface area (Å²) in [4.78, 5) is 8.64. The van der Waals surface area contributed by atoms with Crippen molar-refractivity contribution in [1.29, 1.82) is 0 Å². The topological polar surface area (TPSA) is 37.8 Å². The quantitative estimate of drug-likeness (QED) is 0.611. The van der Waals surface area contributed by atoms with E-state index in [1.165, 1.54) is 6.42 Å². The molecule has 1 N–H and O–H groups in total. The molecule has 0 amide bonds. The second kappa shape index (κ2) is 6.86. The van der Waals surface area contributed by atoms with Crippen LogP contribution in [0.3, 0.4) is 0 Å². The van der Waals surface area contributed by atoms with Gasteiger partial charge in [-0.2, -0.15) is 0 Å². The van der Waals surface area contributed by atoms with Gasteiger partial charge in [0.2, 0.25) is 0 Å². The fourth-order valence-corrected chi connectivity index (χ4v) is 2.64. The van der Waals surface area contributed by atoms with Crippen LogP contribution in [0, 0.1) is 12.8 Å². The number of hydrogen-bond donors (Lipinski definition) is 1. The molecule has 0 radical (unpaired) electrons. The first-order valence-corrected chi connectivity index (χ1v) is 6.75. The summed E-state index contributed by atoms with van der Waals surface area (Å²) in [5, 5.41) is 4.24. The molecule has 0 saturated carbocycles. The first-order valence-electron chi connectivity index (χ1n) is 5.77. The predicted molar refractivity (Wildman–Crippen MR) is 69.8 cm³/mol. The molecule has 0 bridgehead atoms. The van der Waals surface area contributed by atoms with Crippen LogP contribution in [0.5, 0.6) is 0 Å². The first kappa shape index (κ1) is 13.5. The van der Waals surface area contributed by atoms with Gasteiger partial charge < -0.3 is 5.32 Å². The Bertz CT molecular complexity index is 317. The van der Waals surface area contributed by atoms with Crippen molar-refractivity contribution in [3.8, 4) is 0 Å². The van der Waals surface area contributed by atoms with E-state index in [9.17, 15) is 0 Å². The van der Waals surface area contributed by atoms with E-state index < -0.39 is 0 Å². The third-order valence-corrected chi connectivity index (χ3v) is 3.85. The zero-order valence-corrected chi connectivity index (χ0v) is 11.3. The van der Waals surface area contributed by atoms with Crippen LogP contribution in [0.1, 0.15) is 26.0 Å². The summed E-state index contributed by atoms with van der Waals surface area (Å²) < 4.78 is 0. The van der Waals surface area contributed by atoms with E-state index in [4.69, 9.17) is 0 Å². The summed E-state index contributed by atoms with van der Waals surface area (Å²) in [5.74, 6) is 1.71. The van der Waals surface area contributed by atoms with Crippen molar-refractivity contribution in [1.82, 2.24) is 15.3 Å². The molecule has 0 aromatic carbocycles. The van der Waals surface area contributed by atoms with Crippen molar-refractivity contribution in [2.45, 2.75) is 38.4 Å². The maximum Gasteiger partial charge on any atom is 0.187 e. The van der Waals surface area contributed by atoms with Crippen molar-refractivity contribution < 1.29 is 0 Å². The van der Waals surface area contributed by atoms with Gasteiger partial charge in [0.05, 0.1) is 0 Å². The molecule has 2 atom stereocenters. The Hall–Kier alpha value is -0.610. The first-order chi connectivity index (χ1) is 7.67. The van der Waals surface area contributed by atoms with Crippen LogP contribution in [-0.2, 0) is 0 Å². The van der Waals surface area contributed by atoms with Crippen molar-refractivity contribution in [2.24, 2.45) is 5.92 Å². The minimum Gasteiger partial charge on any atom is -0.316 e. The molecule has 1 heterocycles. The van der Waals surface area contributed by atoms with Gasteiger partial charge in [0.1, 0.15) is 0 Å². The Balaban J connectivity index is 2.49. The minimum atomic E-state index is 0.527. The molecule has 0 saturated heterocycles. The van der Waals surface area contributed by atoms with E-state index in [0.29, 0.717) is 12.0 Å². The predicted octanol–water partition coefficient (Wildman–Crippen LogP) is 2.51. The third kappa shape index (κ3) is 4.10. The summed E-state index contributed by atoms with van der Waals surface area (Å²) in [5.41, 5.74) is 1.03. The molecule has 4 heteroatoms. The lowest BCUT2D eigenvalue weighted by molar-refractivity contribution is 0.420. The van der Waals surface area contributed by atoms with Crippen molar-refractivity contribution in [3.05, 3.63) is 18.0 Å². The summed E-state index contributed by atoms with van der Waals surface area (Å²) in [6.45, 7) is 6.50. The van der Waals surface area contributed by atoms with Crippen molar-refractivity contribution in [2.75, 3.05) is 12.8 Å². The fourth-order valence-electron chi connectivity index (χ4n) is 1.48. The highest BCUT2D eigenvalue weighted by Crippen LogP contribution is 2.18. The van der Waals surface area contributed by atoms with E-state index in [2.05, 4.69) is 29.1 Å². The van der Waals surface area contributed by atoms with Gasteiger partial charge in [-0.1, -0.05) is 32.0 Å². The zero-order valence-electron chi connectivity index (χ0n) is 10.5. The van der Waals surface area contributed by atoms with Gasteiger partial charge in [0.15, 0.2) is 5.16 Å². The van der Waals surface area contributed by atoms with Gasteiger partial charge >= 0.3 is 0 Å². The standard InChI is InChI=1S/C12H21N3S/c1-5-9(2)11(13-4)8-16-12-14-7-6-10(3)15-12/h6-7,9,11,13H,5,8H2,1-4H3. The lowest BCUT2D eigenvalue weighted by atomic mass is 10.0. The number of rotatable bonds is 6. The number of aromatic nitrogens is 2. The van der Waals surface area contributed by atoms with Crippen molar-refractivity contribution in [3.63, 3.8) is 0 Å². The molecule has 16 heavy (non-hydrogen) atoms. The molecule has 2 unspecified atom stereocenters. The van der Waals surface area contributed by atoms with Crippen LogP contribution in [0.2, 0.25) is 0 Å². The molecule has 1 aromatic heterocycles. The largest absolute Gasteiger partial charge is 0.316 e. The van der Waals surface area contributed by atoms with Crippen LogP contribution in [0.15, 0.2) is 17.4 Å². The lowest BCUT2D eigenvalue weighted by Gasteiger charge is -2.21. The van der Waals surface area contributed by atoms with Gasteiger partial charge in [-0.15, -0.1) is 0 Å². The van der Waals surface area contributed by atoms with Crippen LogP contribution in [0.25, 0.3) is 0 Å². The maximum atomic E-state index is 4.39. The molecule has 0 aliphatic carbocycles. The van der Waals surface area contributed by atoms with E-state index in [1.54, 1.807) is 11.8 Å². The number of nitrogens with one attached hydrogen (secondary N) is 1. The van der Waals surface area contributed by atoms with Crippen LogP contribution < -0.4 is 5.32 Å². The van der Waals surface area contributed by atoms with E-state index in [0.717, 1.165) is 16.6 Å². The second-order valence-corrected chi connectivity index (χ2v) is 5.06. The summed E-state index contributed by atoms with van der Waals surface area (Å²) in [6, 6.07) is 2.45. The Morgan fingerprint density at radius 1 is 1.50 bits per heavy atom. The summed E-state index contributed by atoms with van der Waals surface area (Å²) in [6.07, 6.45) is 3.02. The Kier molecular flexibility index (Phi) is 5.77. The Labute approximate surface area is 102 Å². The lowest BCUT2D eigenvalue weighted by Crippen LogP contribution is -2.34. The smallest absolute Gasteiger partial charge is 0.187 e. The molecule has 1 aromatic rings. The van der Waals surface area contributed by atoms with E-state index >= 15 is 0 Å². The monoisotopic (exact) mass is 239 g/mol. The fraction of sp³-hybridized carbons (Fsp3) is 0.667. The number of thioether (sulfide) groups is 1. The zero-order chi connectivity index (χ0) is 12.0. The van der Waals surface area contributed by atoms with Gasteiger partial charge in [0, 0.05) is 23.7 Å². The molecule has 0 fully saturated rings. The molecule has 0 spiro atoms. The Morgan fingerprint density at radius 3 is 2.81 bits per heavy atom. The minimum absolute atomic E-state index is 0.527. The average Bonchev–Trinajstić information content (AvgIpc) is 2.29. The van der Waals surface area contributed by atoms with Crippen LogP contribution >= 0.6 is 11.8 Å². The molecule has 90 valence electrons. The third-order valence-electron chi connectivity index (χ3n) is 2.87. The molecule has 1 rings (SSSR count). The maximum absolute atomic E-state index is 4.39. The molecular weight excluding hydrogens is 218 g/mol. The highest BCUT2D eigenvalue weighted by molar-refractivity contribution is 7.99. The number of hydrogen-bond acceptors (Lipinski definition) is 4. The number of aryl methyl sites for hydroxylation is 1. The normalized spacial score (nSPS) is 14.8. The van der Waals surface area contributed by atoms with Gasteiger partial charge in [-0.3, -0.25) is 0 Å². The average molecular weight is 239 g/mol. The van der Waals surface area contributed by atoms with Crippen LogP contribution in [0.4, 0.5) is 0 Å². The molecular formula is C12H21N3S. The van der Waals surface area contributed by atoms with E-state index in [1.807, 2.05) is 26.2 Å². The highest BCUT2D eigenvalue weighted by Gasteiger charge is 2.14. The summed E-state index contributed by atoms with van der Waals surface area (Å²) in [7, 11) is 2.02. The van der Waals surface area contributed by atoms with E-state index in [-0.39, 0.29) is 0 Å². The SMILES string of the molecule is CCC(C)C(CSc1nccc(C)n1)NC. The number of nitrogens with zero attached hydrogens (tertiary/aromatic N) is 2. The van der Waals surface area contributed by atoms with Gasteiger partial charge in [-0.25, -0.2) is 9.97 Å². The Morgan fingerprint density at radius 2 is 2.25 bits per heavy atom. The van der Waals surface area contributed by atoms with Crippen molar-refractivity contribution >= 4 is 11.8 Å². The second-order valence-electron chi connectivity index (χ2n) is 4.07. The molecule has 3 nitrogen and oxygen atoms in total. The molecule has 0 aliphatic rings. The van der Waals surface area contributed by atoms with Crippen LogP contribution in [-0.4, -0.2) is 28.8 Å². The highest BCUT2D eigenvalue weighted by atomic mass is 32.2. The molecule has 0 aliphatic heterocycles.